The van der Waals surface area contributed by atoms with Crippen molar-refractivity contribution in [3.8, 4) is 11.5 Å². The van der Waals surface area contributed by atoms with Gasteiger partial charge in [0.25, 0.3) is 0 Å². The zero-order valence-corrected chi connectivity index (χ0v) is 16.0. The lowest BCUT2D eigenvalue weighted by molar-refractivity contribution is 0.352. The van der Waals surface area contributed by atoms with Crippen molar-refractivity contribution < 1.29 is 9.47 Å². The molecule has 0 fully saturated rings. The van der Waals surface area contributed by atoms with Crippen LogP contribution in [0.15, 0.2) is 29.8 Å². The molecule has 0 atom stereocenters. The highest BCUT2D eigenvalue weighted by molar-refractivity contribution is 14.0. The van der Waals surface area contributed by atoms with Crippen molar-refractivity contribution >= 4 is 29.9 Å². The molecule has 1 rings (SSSR count). The molecule has 0 aromatic heterocycles. The Bertz CT molecular complexity index is 516. The molecule has 6 heteroatoms. The minimum Gasteiger partial charge on any atom is -0.493 e. The van der Waals surface area contributed by atoms with Gasteiger partial charge in [-0.15, -0.1) is 30.6 Å². The number of aliphatic imine (C=N–C) groups is 1. The van der Waals surface area contributed by atoms with Crippen LogP contribution in [0.5, 0.6) is 11.5 Å². The molecule has 0 aliphatic rings. The number of methoxy groups -OCH3 is 2. The van der Waals surface area contributed by atoms with Crippen LogP contribution in [0.3, 0.4) is 0 Å². The second-order valence-electron chi connectivity index (χ2n) is 4.98. The molecule has 1 aromatic rings. The third-order valence-corrected chi connectivity index (χ3v) is 2.85. The van der Waals surface area contributed by atoms with Gasteiger partial charge in [-0.2, -0.15) is 0 Å². The van der Waals surface area contributed by atoms with Crippen molar-refractivity contribution in [1.29, 1.82) is 0 Å². The fraction of sp³-hybridized carbons (Fsp3) is 0.438. The van der Waals surface area contributed by atoms with E-state index in [9.17, 15) is 0 Å². The van der Waals surface area contributed by atoms with Crippen LogP contribution in [-0.4, -0.2) is 26.2 Å². The first kappa shape index (κ1) is 20.6. The van der Waals surface area contributed by atoms with E-state index in [1.54, 1.807) is 14.2 Å². The van der Waals surface area contributed by atoms with E-state index in [-0.39, 0.29) is 30.0 Å². The van der Waals surface area contributed by atoms with Gasteiger partial charge in [0.1, 0.15) is 0 Å². The van der Waals surface area contributed by atoms with E-state index in [2.05, 4.69) is 16.9 Å². The highest BCUT2D eigenvalue weighted by atomic mass is 127. The van der Waals surface area contributed by atoms with Crippen molar-refractivity contribution in [2.45, 2.75) is 32.9 Å². The Labute approximate surface area is 150 Å². The lowest BCUT2D eigenvalue weighted by Gasteiger charge is -2.14. The predicted octanol–water partition coefficient (Wildman–Crippen LogP) is 2.86. The first-order valence-corrected chi connectivity index (χ1v) is 6.92. The Morgan fingerprint density at radius 3 is 2.55 bits per heavy atom. The number of nitrogens with one attached hydrogen (secondary N) is 1. The zero-order chi connectivity index (χ0) is 15.8. The number of ether oxygens (including phenoxy) is 2. The number of guanidine groups is 1. The number of hydrogen-bond donors (Lipinski definition) is 2. The van der Waals surface area contributed by atoms with Crippen molar-refractivity contribution in [3.63, 3.8) is 0 Å². The van der Waals surface area contributed by atoms with Crippen LogP contribution in [-0.2, 0) is 13.0 Å². The summed E-state index contributed by atoms with van der Waals surface area (Å²) in [5, 5.41) is 3.06. The summed E-state index contributed by atoms with van der Waals surface area (Å²) in [6.45, 7) is 8.28. The van der Waals surface area contributed by atoms with Crippen LogP contribution in [0, 0.1) is 0 Å². The van der Waals surface area contributed by atoms with E-state index in [0.29, 0.717) is 24.7 Å². The molecule has 0 amide bonds. The standard InChI is InChI=1S/C16H25N3O2.HI/c1-6-7-13-8-12(9-14(20-4)15(13)21-5)10-18-16(17)19-11(2)3;/h6,8-9,11H,1,7,10H2,2-5H3,(H3,17,18,19);1H. The smallest absolute Gasteiger partial charge is 0.189 e. The van der Waals surface area contributed by atoms with Crippen LogP contribution < -0.4 is 20.5 Å². The lowest BCUT2D eigenvalue weighted by Crippen LogP contribution is -2.36. The van der Waals surface area contributed by atoms with Gasteiger partial charge in [0, 0.05) is 11.6 Å². The minimum absolute atomic E-state index is 0. The molecule has 0 saturated carbocycles. The maximum atomic E-state index is 5.81. The Hall–Kier alpha value is -1.44. The summed E-state index contributed by atoms with van der Waals surface area (Å²) in [5.41, 5.74) is 7.85. The molecule has 22 heavy (non-hydrogen) atoms. The summed E-state index contributed by atoms with van der Waals surface area (Å²) < 4.78 is 10.8. The predicted molar refractivity (Wildman–Crippen MR) is 102 cm³/mol. The van der Waals surface area contributed by atoms with Gasteiger partial charge in [0.05, 0.1) is 20.8 Å². The molecule has 1 aromatic carbocycles. The van der Waals surface area contributed by atoms with E-state index in [4.69, 9.17) is 15.2 Å². The second kappa shape index (κ2) is 10.3. The molecule has 0 saturated heterocycles. The molecule has 3 N–H and O–H groups in total. The summed E-state index contributed by atoms with van der Waals surface area (Å²) in [5.74, 6) is 1.86. The number of nitrogens with zero attached hydrogens (tertiary/aromatic N) is 1. The van der Waals surface area contributed by atoms with Gasteiger partial charge in [0.15, 0.2) is 17.5 Å². The average molecular weight is 419 g/mol. The summed E-state index contributed by atoms with van der Waals surface area (Å²) in [4.78, 5) is 4.33. The number of benzene rings is 1. The molecule has 0 aliphatic heterocycles. The number of halogens is 1. The van der Waals surface area contributed by atoms with E-state index >= 15 is 0 Å². The zero-order valence-electron chi connectivity index (χ0n) is 13.7. The molecule has 5 nitrogen and oxygen atoms in total. The molecular weight excluding hydrogens is 393 g/mol. The van der Waals surface area contributed by atoms with E-state index < -0.39 is 0 Å². The second-order valence-corrected chi connectivity index (χ2v) is 4.98. The van der Waals surface area contributed by atoms with Crippen molar-refractivity contribution in [1.82, 2.24) is 5.32 Å². The Balaban J connectivity index is 0.00000441. The summed E-state index contributed by atoms with van der Waals surface area (Å²) in [6, 6.07) is 4.21. The molecule has 124 valence electrons. The van der Waals surface area contributed by atoms with Crippen molar-refractivity contribution in [2.75, 3.05) is 14.2 Å². The molecule has 0 radical (unpaired) electrons. The normalized spacial score (nSPS) is 10.9. The monoisotopic (exact) mass is 419 g/mol. The fourth-order valence-corrected chi connectivity index (χ4v) is 2.02. The first-order chi connectivity index (χ1) is 10.0. The topological polar surface area (TPSA) is 68.9 Å². The summed E-state index contributed by atoms with van der Waals surface area (Å²) >= 11 is 0. The molecular formula is C16H26IN3O2. The van der Waals surface area contributed by atoms with E-state index in [1.807, 2.05) is 32.1 Å². The van der Waals surface area contributed by atoms with Crippen LogP contribution >= 0.6 is 24.0 Å². The van der Waals surface area contributed by atoms with E-state index in [0.717, 1.165) is 16.9 Å². The Morgan fingerprint density at radius 1 is 1.36 bits per heavy atom. The SMILES string of the molecule is C=CCc1cc(CN=C(N)NC(C)C)cc(OC)c1OC.I. The lowest BCUT2D eigenvalue weighted by atomic mass is 10.1. The molecule has 0 heterocycles. The molecule has 0 spiro atoms. The van der Waals surface area contributed by atoms with Gasteiger partial charge in [-0.3, -0.25) is 0 Å². The largest absolute Gasteiger partial charge is 0.493 e. The highest BCUT2D eigenvalue weighted by Gasteiger charge is 2.11. The molecule has 0 unspecified atom stereocenters. The number of rotatable bonds is 7. The maximum absolute atomic E-state index is 5.81. The maximum Gasteiger partial charge on any atom is 0.189 e. The Kier molecular flexibility index (Phi) is 9.64. The van der Waals surface area contributed by atoms with Gasteiger partial charge < -0.3 is 20.5 Å². The molecule has 0 aliphatic carbocycles. The number of allylic oxidation sites excluding steroid dienone is 1. The average Bonchev–Trinajstić information content (AvgIpc) is 2.44. The minimum atomic E-state index is 0. The molecule has 0 bridgehead atoms. The van der Waals surface area contributed by atoms with Crippen LogP contribution in [0.2, 0.25) is 0 Å². The number of nitrogens with two attached hydrogens (primary N) is 1. The third-order valence-electron chi connectivity index (χ3n) is 2.85. The van der Waals surface area contributed by atoms with Crippen LogP contribution in [0.25, 0.3) is 0 Å². The van der Waals surface area contributed by atoms with Gasteiger partial charge >= 0.3 is 0 Å². The summed E-state index contributed by atoms with van der Waals surface area (Å²) in [6.07, 6.45) is 2.54. The first-order valence-electron chi connectivity index (χ1n) is 6.92. The van der Waals surface area contributed by atoms with Gasteiger partial charge in [-0.05, 0) is 38.0 Å². The van der Waals surface area contributed by atoms with Crippen LogP contribution in [0.4, 0.5) is 0 Å². The third kappa shape index (κ3) is 6.13. The number of hydrogen-bond acceptors (Lipinski definition) is 3. The van der Waals surface area contributed by atoms with Crippen molar-refractivity contribution in [3.05, 3.63) is 35.9 Å². The summed E-state index contributed by atoms with van der Waals surface area (Å²) in [7, 11) is 3.25. The van der Waals surface area contributed by atoms with Crippen molar-refractivity contribution in [2.24, 2.45) is 10.7 Å². The van der Waals surface area contributed by atoms with Gasteiger partial charge in [-0.1, -0.05) is 6.08 Å². The van der Waals surface area contributed by atoms with Crippen LogP contribution in [0.1, 0.15) is 25.0 Å². The van der Waals surface area contributed by atoms with E-state index in [1.165, 1.54) is 0 Å². The van der Waals surface area contributed by atoms with Gasteiger partial charge in [-0.25, -0.2) is 4.99 Å². The van der Waals surface area contributed by atoms with Gasteiger partial charge in [0.2, 0.25) is 0 Å². The quantitative estimate of drug-likeness (QED) is 0.309. The Morgan fingerprint density at radius 2 is 2.05 bits per heavy atom. The highest BCUT2D eigenvalue weighted by Crippen LogP contribution is 2.33. The fourth-order valence-electron chi connectivity index (χ4n) is 2.02.